The Hall–Kier alpha value is -0.970. The van der Waals surface area contributed by atoms with Gasteiger partial charge in [0.05, 0.1) is 18.2 Å². The molecule has 4 nitrogen and oxygen atoms in total. The minimum Gasteiger partial charge on any atom is -0.490 e. The highest BCUT2D eigenvalue weighted by Crippen LogP contribution is 2.36. The molecule has 1 aromatic rings. The number of benzene rings is 1. The zero-order valence-electron chi connectivity index (χ0n) is 15.2. The van der Waals surface area contributed by atoms with Crippen molar-refractivity contribution >= 4 is 11.6 Å². The van der Waals surface area contributed by atoms with Crippen LogP contribution in [0.15, 0.2) is 12.1 Å². The molecule has 0 amide bonds. The average Bonchev–Trinajstić information content (AvgIpc) is 2.56. The van der Waals surface area contributed by atoms with Crippen LogP contribution < -0.4 is 14.8 Å². The van der Waals surface area contributed by atoms with Crippen molar-refractivity contribution in [1.29, 1.82) is 0 Å². The molecule has 0 aliphatic carbocycles. The number of nitrogens with one attached hydrogen (secondary N) is 1. The van der Waals surface area contributed by atoms with E-state index in [-0.39, 0.29) is 0 Å². The fourth-order valence-electron chi connectivity index (χ4n) is 3.02. The van der Waals surface area contributed by atoms with Crippen molar-refractivity contribution in [3.05, 3.63) is 22.7 Å². The third kappa shape index (κ3) is 5.83. The number of piperidine rings is 1. The summed E-state index contributed by atoms with van der Waals surface area (Å²) in [7, 11) is 2.20. The first-order chi connectivity index (χ1) is 11.6. The fraction of sp³-hybridized carbons (Fsp3) is 0.684. The summed E-state index contributed by atoms with van der Waals surface area (Å²) < 4.78 is 11.5. The van der Waals surface area contributed by atoms with E-state index in [1.807, 2.05) is 19.1 Å². The Kier molecular flexibility index (Phi) is 8.16. The first kappa shape index (κ1) is 19.4. The van der Waals surface area contributed by atoms with Crippen LogP contribution in [-0.4, -0.2) is 44.8 Å². The van der Waals surface area contributed by atoms with Crippen molar-refractivity contribution in [1.82, 2.24) is 10.2 Å². The molecule has 1 saturated heterocycles. The summed E-state index contributed by atoms with van der Waals surface area (Å²) in [5.74, 6) is 2.18. The van der Waals surface area contributed by atoms with Gasteiger partial charge in [0, 0.05) is 6.54 Å². The minimum atomic E-state index is 0.602. The summed E-state index contributed by atoms with van der Waals surface area (Å²) in [6, 6.07) is 4.03. The van der Waals surface area contributed by atoms with E-state index in [1.165, 1.54) is 25.9 Å². The van der Waals surface area contributed by atoms with E-state index in [1.54, 1.807) is 0 Å². The van der Waals surface area contributed by atoms with Crippen LogP contribution in [0.5, 0.6) is 11.5 Å². The Labute approximate surface area is 151 Å². The van der Waals surface area contributed by atoms with Gasteiger partial charge in [-0.15, -0.1) is 0 Å². The molecule has 1 N–H and O–H groups in total. The van der Waals surface area contributed by atoms with Crippen LogP contribution in [0, 0.1) is 5.92 Å². The van der Waals surface area contributed by atoms with Crippen LogP contribution in [0.3, 0.4) is 0 Å². The molecule has 1 heterocycles. The van der Waals surface area contributed by atoms with E-state index >= 15 is 0 Å². The largest absolute Gasteiger partial charge is 0.490 e. The number of ether oxygens (including phenoxy) is 2. The van der Waals surface area contributed by atoms with Crippen molar-refractivity contribution in [2.45, 2.75) is 39.7 Å². The maximum Gasteiger partial charge on any atom is 0.179 e. The molecule has 1 aliphatic heterocycles. The van der Waals surface area contributed by atoms with Gasteiger partial charge in [-0.05, 0) is 76.5 Å². The quantitative estimate of drug-likeness (QED) is 0.727. The smallest absolute Gasteiger partial charge is 0.179 e. The molecule has 24 heavy (non-hydrogen) atoms. The van der Waals surface area contributed by atoms with Crippen LogP contribution in [0.2, 0.25) is 5.02 Å². The Morgan fingerprint density at radius 1 is 1.21 bits per heavy atom. The van der Waals surface area contributed by atoms with Gasteiger partial charge >= 0.3 is 0 Å². The second-order valence-corrected chi connectivity index (χ2v) is 6.97. The van der Waals surface area contributed by atoms with E-state index in [2.05, 4.69) is 24.2 Å². The molecular weight excluding hydrogens is 324 g/mol. The number of nitrogens with zero attached hydrogens (tertiary/aromatic N) is 1. The lowest BCUT2D eigenvalue weighted by Crippen LogP contribution is -2.34. The molecule has 136 valence electrons. The Balaban J connectivity index is 1.92. The predicted octanol–water partition coefficient (Wildman–Crippen LogP) is 3.96. The van der Waals surface area contributed by atoms with Gasteiger partial charge in [-0.25, -0.2) is 0 Å². The predicted molar refractivity (Wildman–Crippen MR) is 100 cm³/mol. The van der Waals surface area contributed by atoms with Crippen LogP contribution in [0.4, 0.5) is 0 Å². The summed E-state index contributed by atoms with van der Waals surface area (Å²) >= 11 is 6.41. The molecule has 0 unspecified atom stereocenters. The second-order valence-electron chi connectivity index (χ2n) is 6.56. The van der Waals surface area contributed by atoms with Gasteiger partial charge in [0.25, 0.3) is 0 Å². The molecular formula is C19H31ClN2O2. The van der Waals surface area contributed by atoms with Crippen molar-refractivity contribution in [2.75, 3.05) is 39.9 Å². The highest BCUT2D eigenvalue weighted by atomic mass is 35.5. The van der Waals surface area contributed by atoms with Crippen LogP contribution in [-0.2, 0) is 6.54 Å². The standard InChI is InChI=1S/C19H31ClN2O2/c1-4-10-24-19-17(20)11-16(12-18(19)23-5-2)14-21-13-15-6-8-22(3)9-7-15/h11-12,15,21H,4-10,13-14H2,1-3H3. The lowest BCUT2D eigenvalue weighted by Gasteiger charge is -2.29. The third-order valence-electron chi connectivity index (χ3n) is 4.42. The number of halogens is 1. The maximum absolute atomic E-state index is 6.41. The van der Waals surface area contributed by atoms with Gasteiger partial charge in [-0.1, -0.05) is 18.5 Å². The van der Waals surface area contributed by atoms with E-state index in [0.29, 0.717) is 24.0 Å². The number of hydrogen-bond acceptors (Lipinski definition) is 4. The Morgan fingerprint density at radius 3 is 2.62 bits per heavy atom. The first-order valence-corrected chi connectivity index (χ1v) is 9.49. The summed E-state index contributed by atoms with van der Waals surface area (Å²) in [6.07, 6.45) is 3.50. The molecule has 2 rings (SSSR count). The lowest BCUT2D eigenvalue weighted by atomic mass is 9.97. The van der Waals surface area contributed by atoms with Gasteiger partial charge in [-0.2, -0.15) is 0 Å². The fourth-order valence-corrected chi connectivity index (χ4v) is 3.31. The molecule has 0 atom stereocenters. The van der Waals surface area contributed by atoms with E-state index in [9.17, 15) is 0 Å². The van der Waals surface area contributed by atoms with Gasteiger partial charge in [0.2, 0.25) is 0 Å². The highest BCUT2D eigenvalue weighted by molar-refractivity contribution is 6.32. The Bertz CT molecular complexity index is 502. The molecule has 0 saturated carbocycles. The molecule has 1 aromatic carbocycles. The molecule has 1 fully saturated rings. The van der Waals surface area contributed by atoms with Gasteiger partial charge in [0.1, 0.15) is 0 Å². The third-order valence-corrected chi connectivity index (χ3v) is 4.70. The molecule has 1 aliphatic rings. The molecule has 0 bridgehead atoms. The summed E-state index contributed by atoms with van der Waals surface area (Å²) in [5.41, 5.74) is 1.14. The molecule has 5 heteroatoms. The number of rotatable bonds is 9. The van der Waals surface area contributed by atoms with E-state index in [0.717, 1.165) is 36.7 Å². The normalized spacial score (nSPS) is 16.3. The molecule has 0 aromatic heterocycles. The first-order valence-electron chi connectivity index (χ1n) is 9.11. The zero-order chi connectivity index (χ0) is 17.4. The monoisotopic (exact) mass is 354 g/mol. The minimum absolute atomic E-state index is 0.602. The van der Waals surface area contributed by atoms with Crippen molar-refractivity contribution in [3.63, 3.8) is 0 Å². The second kappa shape index (κ2) is 10.1. The number of likely N-dealkylation sites (tertiary alicyclic amines) is 1. The highest BCUT2D eigenvalue weighted by Gasteiger charge is 2.16. The van der Waals surface area contributed by atoms with Crippen LogP contribution >= 0.6 is 11.6 Å². The molecule has 0 radical (unpaired) electrons. The number of hydrogen-bond donors (Lipinski definition) is 1. The summed E-state index contributed by atoms with van der Waals surface area (Å²) in [6.45, 7) is 9.58. The zero-order valence-corrected chi connectivity index (χ0v) is 16.0. The SMILES string of the molecule is CCCOc1c(Cl)cc(CNCC2CCN(C)CC2)cc1OCC. The van der Waals surface area contributed by atoms with Crippen LogP contribution in [0.1, 0.15) is 38.7 Å². The summed E-state index contributed by atoms with van der Waals surface area (Å²) in [5, 5.41) is 4.20. The van der Waals surface area contributed by atoms with Crippen molar-refractivity contribution in [3.8, 4) is 11.5 Å². The van der Waals surface area contributed by atoms with Gasteiger partial charge in [-0.3, -0.25) is 0 Å². The molecule has 0 spiro atoms. The maximum atomic E-state index is 6.41. The topological polar surface area (TPSA) is 33.7 Å². The average molecular weight is 355 g/mol. The summed E-state index contributed by atoms with van der Waals surface area (Å²) in [4.78, 5) is 2.40. The van der Waals surface area contributed by atoms with Crippen molar-refractivity contribution < 1.29 is 9.47 Å². The van der Waals surface area contributed by atoms with Crippen LogP contribution in [0.25, 0.3) is 0 Å². The Morgan fingerprint density at radius 2 is 1.96 bits per heavy atom. The van der Waals surface area contributed by atoms with Gasteiger partial charge < -0.3 is 19.7 Å². The van der Waals surface area contributed by atoms with E-state index in [4.69, 9.17) is 21.1 Å². The lowest BCUT2D eigenvalue weighted by molar-refractivity contribution is 0.216. The van der Waals surface area contributed by atoms with E-state index < -0.39 is 0 Å². The van der Waals surface area contributed by atoms with Gasteiger partial charge in [0.15, 0.2) is 11.5 Å². The van der Waals surface area contributed by atoms with Crippen molar-refractivity contribution in [2.24, 2.45) is 5.92 Å².